The summed E-state index contributed by atoms with van der Waals surface area (Å²) >= 11 is 0. The molecule has 80 valence electrons. The number of rotatable bonds is 5. The summed E-state index contributed by atoms with van der Waals surface area (Å²) in [4.78, 5) is 0. The van der Waals surface area contributed by atoms with Crippen LogP contribution in [-0.2, 0) is 4.43 Å². The van der Waals surface area contributed by atoms with Crippen LogP contribution in [0.25, 0.3) is 0 Å². The van der Waals surface area contributed by atoms with Crippen molar-refractivity contribution in [1.82, 2.24) is 0 Å². The Morgan fingerprint density at radius 3 is 2.36 bits per heavy atom. The van der Waals surface area contributed by atoms with Gasteiger partial charge in [-0.25, -0.2) is 0 Å². The summed E-state index contributed by atoms with van der Waals surface area (Å²) in [6.45, 7) is 14.4. The molecule has 0 aromatic carbocycles. The molecule has 14 heavy (non-hydrogen) atoms. The second-order valence-electron chi connectivity index (χ2n) is 4.76. The standard InChI is InChI=1S/C12H22OSi/c1-7-9-11-12(3,10-8-2)13-14(4,5)6/h8H,2,10-11H2,1,3-6H3. The molecule has 0 aromatic rings. The second kappa shape index (κ2) is 5.38. The van der Waals surface area contributed by atoms with E-state index >= 15 is 0 Å². The Morgan fingerprint density at radius 2 is 2.00 bits per heavy atom. The van der Waals surface area contributed by atoms with Crippen LogP contribution < -0.4 is 0 Å². The maximum absolute atomic E-state index is 6.13. The molecule has 0 fully saturated rings. The molecule has 0 rings (SSSR count). The molecule has 0 amide bonds. The van der Waals surface area contributed by atoms with Crippen molar-refractivity contribution in [1.29, 1.82) is 0 Å². The Morgan fingerprint density at radius 1 is 1.43 bits per heavy atom. The molecule has 0 saturated carbocycles. The molecule has 0 aromatic heterocycles. The highest BCUT2D eigenvalue weighted by molar-refractivity contribution is 6.69. The fraction of sp³-hybridized carbons (Fsp3) is 0.667. The fourth-order valence-electron chi connectivity index (χ4n) is 1.47. The number of hydrogen-bond acceptors (Lipinski definition) is 1. The van der Waals surface area contributed by atoms with Crippen LogP contribution in [0.3, 0.4) is 0 Å². The quantitative estimate of drug-likeness (QED) is 0.383. The Bertz CT molecular complexity index is 241. The zero-order chi connectivity index (χ0) is 11.2. The molecule has 0 saturated heterocycles. The van der Waals surface area contributed by atoms with Gasteiger partial charge in [-0.15, -0.1) is 18.4 Å². The number of hydrogen-bond donors (Lipinski definition) is 0. The third kappa shape index (κ3) is 6.01. The summed E-state index contributed by atoms with van der Waals surface area (Å²) < 4.78 is 6.13. The Kier molecular flexibility index (Phi) is 5.18. The zero-order valence-electron chi connectivity index (χ0n) is 10.1. The molecule has 0 aliphatic carbocycles. The molecule has 0 aliphatic rings. The van der Waals surface area contributed by atoms with Crippen LogP contribution in [0.1, 0.15) is 26.7 Å². The highest BCUT2D eigenvalue weighted by atomic mass is 28.4. The topological polar surface area (TPSA) is 9.23 Å². The Hall–Kier alpha value is -0.523. The van der Waals surface area contributed by atoms with E-state index in [2.05, 4.69) is 45.0 Å². The second-order valence-corrected chi connectivity index (χ2v) is 9.19. The largest absolute Gasteiger partial charge is 0.411 e. The van der Waals surface area contributed by atoms with Crippen molar-refractivity contribution in [3.63, 3.8) is 0 Å². The third-order valence-electron chi connectivity index (χ3n) is 1.77. The Labute approximate surface area is 89.7 Å². The zero-order valence-corrected chi connectivity index (χ0v) is 11.1. The maximum Gasteiger partial charge on any atom is 0.184 e. The average Bonchev–Trinajstić information content (AvgIpc) is 1.98. The van der Waals surface area contributed by atoms with Crippen molar-refractivity contribution in [2.75, 3.05) is 0 Å². The van der Waals surface area contributed by atoms with Crippen LogP contribution in [-0.4, -0.2) is 13.9 Å². The average molecular weight is 210 g/mol. The first kappa shape index (κ1) is 13.5. The molecular formula is C12H22OSi. The predicted octanol–water partition coefficient (Wildman–Crippen LogP) is 3.59. The van der Waals surface area contributed by atoms with Gasteiger partial charge < -0.3 is 4.43 Å². The van der Waals surface area contributed by atoms with Crippen molar-refractivity contribution in [2.24, 2.45) is 0 Å². The highest BCUT2D eigenvalue weighted by Gasteiger charge is 2.29. The third-order valence-corrected chi connectivity index (χ3v) is 2.87. The minimum Gasteiger partial charge on any atom is -0.411 e. The first-order valence-corrected chi connectivity index (χ1v) is 8.44. The predicted molar refractivity (Wildman–Crippen MR) is 65.7 cm³/mol. The first-order chi connectivity index (χ1) is 6.33. The smallest absolute Gasteiger partial charge is 0.184 e. The molecule has 1 atom stereocenters. The van der Waals surface area contributed by atoms with Crippen LogP contribution in [0.5, 0.6) is 0 Å². The van der Waals surface area contributed by atoms with E-state index in [1.807, 2.05) is 13.0 Å². The minimum absolute atomic E-state index is 0.144. The van der Waals surface area contributed by atoms with Gasteiger partial charge in [-0.2, -0.15) is 0 Å². The van der Waals surface area contributed by atoms with Gasteiger partial charge in [0.05, 0.1) is 5.60 Å². The van der Waals surface area contributed by atoms with Crippen molar-refractivity contribution >= 4 is 8.32 Å². The summed E-state index contributed by atoms with van der Waals surface area (Å²) in [5.41, 5.74) is -0.144. The van der Waals surface area contributed by atoms with Crippen LogP contribution in [0.15, 0.2) is 12.7 Å². The lowest BCUT2D eigenvalue weighted by molar-refractivity contribution is 0.0893. The monoisotopic (exact) mass is 210 g/mol. The van der Waals surface area contributed by atoms with E-state index < -0.39 is 8.32 Å². The maximum atomic E-state index is 6.13. The van der Waals surface area contributed by atoms with Gasteiger partial charge in [0.15, 0.2) is 8.32 Å². The molecule has 0 N–H and O–H groups in total. The van der Waals surface area contributed by atoms with Crippen molar-refractivity contribution in [3.05, 3.63) is 12.7 Å². The molecule has 1 nitrogen and oxygen atoms in total. The molecule has 1 unspecified atom stereocenters. The van der Waals surface area contributed by atoms with Gasteiger partial charge in [-0.1, -0.05) is 6.08 Å². The molecule has 0 heterocycles. The normalized spacial score (nSPS) is 15.2. The van der Waals surface area contributed by atoms with Gasteiger partial charge >= 0.3 is 0 Å². The summed E-state index contributed by atoms with van der Waals surface area (Å²) in [7, 11) is -1.50. The molecule has 0 spiro atoms. The van der Waals surface area contributed by atoms with E-state index in [0.29, 0.717) is 0 Å². The Balaban J connectivity index is 4.50. The van der Waals surface area contributed by atoms with Gasteiger partial charge in [0.2, 0.25) is 0 Å². The molecule has 0 bridgehead atoms. The minimum atomic E-state index is -1.50. The summed E-state index contributed by atoms with van der Waals surface area (Å²) in [6.07, 6.45) is 3.57. The molecular weight excluding hydrogens is 188 g/mol. The van der Waals surface area contributed by atoms with Gasteiger partial charge in [0, 0.05) is 6.42 Å². The van der Waals surface area contributed by atoms with E-state index in [0.717, 1.165) is 12.8 Å². The van der Waals surface area contributed by atoms with Crippen molar-refractivity contribution < 1.29 is 4.43 Å². The van der Waals surface area contributed by atoms with Crippen LogP contribution >= 0.6 is 0 Å². The first-order valence-electron chi connectivity index (χ1n) is 5.04. The summed E-state index contributed by atoms with van der Waals surface area (Å²) in [5, 5.41) is 0. The highest BCUT2D eigenvalue weighted by Crippen LogP contribution is 2.25. The van der Waals surface area contributed by atoms with E-state index in [-0.39, 0.29) is 5.60 Å². The molecule has 2 heteroatoms. The van der Waals surface area contributed by atoms with Gasteiger partial charge in [0.1, 0.15) is 0 Å². The van der Waals surface area contributed by atoms with Crippen LogP contribution in [0.4, 0.5) is 0 Å². The van der Waals surface area contributed by atoms with Gasteiger partial charge in [-0.05, 0) is 39.9 Å². The van der Waals surface area contributed by atoms with E-state index in [4.69, 9.17) is 4.43 Å². The summed E-state index contributed by atoms with van der Waals surface area (Å²) in [6, 6.07) is 0. The van der Waals surface area contributed by atoms with E-state index in [1.165, 1.54) is 0 Å². The molecule has 0 radical (unpaired) electrons. The van der Waals surface area contributed by atoms with Crippen LogP contribution in [0, 0.1) is 11.8 Å². The van der Waals surface area contributed by atoms with Crippen molar-refractivity contribution in [3.8, 4) is 11.8 Å². The van der Waals surface area contributed by atoms with Crippen LogP contribution in [0.2, 0.25) is 19.6 Å². The SMILES string of the molecule is C=CCC(C)(CC#CC)O[Si](C)(C)C. The molecule has 0 aliphatic heterocycles. The van der Waals surface area contributed by atoms with Gasteiger partial charge in [0.25, 0.3) is 0 Å². The summed E-state index contributed by atoms with van der Waals surface area (Å²) in [5.74, 6) is 6.01. The lowest BCUT2D eigenvalue weighted by Crippen LogP contribution is -2.40. The lowest BCUT2D eigenvalue weighted by atomic mass is 9.99. The van der Waals surface area contributed by atoms with E-state index in [1.54, 1.807) is 0 Å². The van der Waals surface area contributed by atoms with Crippen molar-refractivity contribution in [2.45, 2.75) is 51.9 Å². The lowest BCUT2D eigenvalue weighted by Gasteiger charge is -2.34. The van der Waals surface area contributed by atoms with E-state index in [9.17, 15) is 0 Å². The fourth-order valence-corrected chi connectivity index (χ4v) is 3.10. The van der Waals surface area contributed by atoms with Gasteiger partial charge in [-0.3, -0.25) is 0 Å².